The first kappa shape index (κ1) is 16.5. The third kappa shape index (κ3) is 2.86. The second-order valence-corrected chi connectivity index (χ2v) is 11.9. The van der Waals surface area contributed by atoms with Gasteiger partial charge in [0, 0.05) is 25.3 Å². The van der Waals surface area contributed by atoms with Crippen molar-refractivity contribution in [1.82, 2.24) is 0 Å². The average molecular weight is 299 g/mol. The molecule has 3 heteroatoms. The zero-order chi connectivity index (χ0) is 15.0. The van der Waals surface area contributed by atoms with Gasteiger partial charge < -0.3 is 8.85 Å². The molecule has 0 aliphatic heterocycles. The molecule has 2 aliphatic carbocycles. The summed E-state index contributed by atoms with van der Waals surface area (Å²) in [6.07, 6.45) is 8.00. The number of hydrogen-bond donors (Lipinski definition) is 0. The number of rotatable bonds is 4. The first-order chi connectivity index (χ1) is 9.36. The molecule has 0 bridgehead atoms. The zero-order valence-corrected chi connectivity index (χ0v) is 15.4. The van der Waals surface area contributed by atoms with Gasteiger partial charge in [-0.2, -0.15) is 0 Å². The van der Waals surface area contributed by atoms with Crippen LogP contribution in [0.5, 0.6) is 0 Å². The first-order valence-corrected chi connectivity index (χ1v) is 10.4. The monoisotopic (exact) mass is 298 g/mol. The lowest BCUT2D eigenvalue weighted by molar-refractivity contribution is 0.158. The molecule has 0 spiro atoms. The molecule has 0 N–H and O–H groups in total. The van der Waals surface area contributed by atoms with E-state index in [4.69, 9.17) is 8.85 Å². The maximum absolute atomic E-state index is 6.26. The molecule has 0 heterocycles. The van der Waals surface area contributed by atoms with Gasteiger partial charge in [-0.25, -0.2) is 0 Å². The van der Waals surface area contributed by atoms with Crippen LogP contribution in [0.25, 0.3) is 0 Å². The molecular weight excluding hydrogens is 264 g/mol. The van der Waals surface area contributed by atoms with E-state index in [1.165, 1.54) is 38.5 Å². The Kier molecular flexibility index (Phi) is 5.03. The summed E-state index contributed by atoms with van der Waals surface area (Å²) in [6.45, 7) is 9.68. The minimum Gasteiger partial charge on any atom is -0.397 e. The van der Waals surface area contributed by atoms with Gasteiger partial charge in [-0.1, -0.05) is 47.0 Å². The standard InChI is InChI=1S/C17H34O2Si/c1-13-9-10-14(2)16(13)20(18-5,19-6)15-8-7-11-17(3,4)12-15/h13-16H,7-12H2,1-6H3. The van der Waals surface area contributed by atoms with Crippen molar-refractivity contribution in [2.45, 2.75) is 77.3 Å². The summed E-state index contributed by atoms with van der Waals surface area (Å²) < 4.78 is 12.5. The molecule has 2 rings (SSSR count). The molecule has 3 atom stereocenters. The first-order valence-electron chi connectivity index (χ1n) is 8.46. The summed E-state index contributed by atoms with van der Waals surface area (Å²) in [5.74, 6) is 1.53. The van der Waals surface area contributed by atoms with Crippen molar-refractivity contribution in [1.29, 1.82) is 0 Å². The number of hydrogen-bond acceptors (Lipinski definition) is 2. The maximum atomic E-state index is 6.26. The third-order valence-electron chi connectivity index (χ3n) is 6.18. The van der Waals surface area contributed by atoms with E-state index in [-0.39, 0.29) is 0 Å². The SMILES string of the molecule is CO[Si](OC)(C1CCCC(C)(C)C1)C1C(C)CCC1C. The van der Waals surface area contributed by atoms with Crippen LogP contribution in [0.2, 0.25) is 11.1 Å². The molecule has 0 radical (unpaired) electrons. The van der Waals surface area contributed by atoms with Gasteiger partial charge in [-0.3, -0.25) is 0 Å². The van der Waals surface area contributed by atoms with E-state index >= 15 is 0 Å². The van der Waals surface area contributed by atoms with Crippen molar-refractivity contribution in [2.75, 3.05) is 14.2 Å². The van der Waals surface area contributed by atoms with E-state index < -0.39 is 8.56 Å². The summed E-state index contributed by atoms with van der Waals surface area (Å²) >= 11 is 0. The molecule has 2 saturated carbocycles. The highest BCUT2D eigenvalue weighted by Crippen LogP contribution is 2.56. The maximum Gasteiger partial charge on any atom is 0.344 e. The molecule has 0 aromatic rings. The Hall–Kier alpha value is 0.137. The Morgan fingerprint density at radius 2 is 1.50 bits per heavy atom. The highest BCUT2D eigenvalue weighted by Gasteiger charge is 2.57. The van der Waals surface area contributed by atoms with Gasteiger partial charge in [-0.05, 0) is 36.5 Å². The molecule has 118 valence electrons. The molecule has 0 saturated heterocycles. The van der Waals surface area contributed by atoms with Crippen LogP contribution in [0.4, 0.5) is 0 Å². The third-order valence-corrected chi connectivity index (χ3v) is 11.2. The van der Waals surface area contributed by atoms with E-state index in [9.17, 15) is 0 Å². The minimum atomic E-state index is -2.12. The highest BCUT2D eigenvalue weighted by molar-refractivity contribution is 6.70. The second-order valence-electron chi connectivity index (χ2n) is 8.14. The predicted molar refractivity (Wildman–Crippen MR) is 87.1 cm³/mol. The molecule has 2 aliphatic rings. The zero-order valence-electron chi connectivity index (χ0n) is 14.4. The van der Waals surface area contributed by atoms with E-state index in [2.05, 4.69) is 27.7 Å². The molecule has 2 nitrogen and oxygen atoms in total. The summed E-state index contributed by atoms with van der Waals surface area (Å²) in [7, 11) is 1.73. The molecule has 0 aromatic heterocycles. The van der Waals surface area contributed by atoms with Gasteiger partial charge in [0.25, 0.3) is 0 Å². The highest BCUT2D eigenvalue weighted by atomic mass is 28.4. The Morgan fingerprint density at radius 1 is 0.950 bits per heavy atom. The Morgan fingerprint density at radius 3 is 1.95 bits per heavy atom. The van der Waals surface area contributed by atoms with Crippen molar-refractivity contribution in [3.05, 3.63) is 0 Å². The van der Waals surface area contributed by atoms with Crippen LogP contribution in [-0.4, -0.2) is 22.8 Å². The van der Waals surface area contributed by atoms with Crippen molar-refractivity contribution >= 4 is 8.56 Å². The summed E-state index contributed by atoms with van der Waals surface area (Å²) in [6, 6.07) is 0. The van der Waals surface area contributed by atoms with E-state index in [0.29, 0.717) is 16.5 Å². The lowest BCUT2D eigenvalue weighted by Gasteiger charge is -2.47. The molecule has 20 heavy (non-hydrogen) atoms. The van der Waals surface area contributed by atoms with Crippen LogP contribution in [0.1, 0.15) is 66.2 Å². The topological polar surface area (TPSA) is 18.5 Å². The van der Waals surface area contributed by atoms with Crippen LogP contribution in [0, 0.1) is 17.3 Å². The predicted octanol–water partition coefficient (Wildman–Crippen LogP) is 5.13. The minimum absolute atomic E-state index is 0.462. The van der Waals surface area contributed by atoms with Gasteiger partial charge in [0.15, 0.2) is 0 Å². The summed E-state index contributed by atoms with van der Waals surface area (Å²) in [4.78, 5) is 0. The van der Waals surface area contributed by atoms with Crippen molar-refractivity contribution in [2.24, 2.45) is 17.3 Å². The van der Waals surface area contributed by atoms with Crippen LogP contribution < -0.4 is 0 Å². The van der Waals surface area contributed by atoms with Gasteiger partial charge in [-0.15, -0.1) is 0 Å². The molecule has 3 unspecified atom stereocenters. The van der Waals surface area contributed by atoms with Crippen LogP contribution in [-0.2, 0) is 8.85 Å². The quantitative estimate of drug-likeness (QED) is 0.670. The fraction of sp³-hybridized carbons (Fsp3) is 1.00. The molecule has 0 aromatic carbocycles. The van der Waals surface area contributed by atoms with E-state index in [1.807, 2.05) is 14.2 Å². The fourth-order valence-corrected chi connectivity index (χ4v) is 10.5. The molecule has 0 amide bonds. The van der Waals surface area contributed by atoms with Gasteiger partial charge in [0.05, 0.1) is 0 Å². The second kappa shape index (κ2) is 6.10. The Labute approximate surface area is 126 Å². The smallest absolute Gasteiger partial charge is 0.344 e. The van der Waals surface area contributed by atoms with Crippen molar-refractivity contribution in [3.63, 3.8) is 0 Å². The van der Waals surface area contributed by atoms with Gasteiger partial charge >= 0.3 is 8.56 Å². The summed E-state index contributed by atoms with van der Waals surface area (Å²) in [5.41, 5.74) is 1.81. The molecule has 2 fully saturated rings. The lowest BCUT2D eigenvalue weighted by Crippen LogP contribution is -2.53. The fourth-order valence-electron chi connectivity index (χ4n) is 5.24. The largest absolute Gasteiger partial charge is 0.397 e. The normalized spacial score (nSPS) is 38.1. The molecular formula is C17H34O2Si. The Balaban J connectivity index is 2.29. The van der Waals surface area contributed by atoms with Crippen LogP contribution >= 0.6 is 0 Å². The average Bonchev–Trinajstić information content (AvgIpc) is 2.72. The van der Waals surface area contributed by atoms with Crippen LogP contribution in [0.15, 0.2) is 0 Å². The van der Waals surface area contributed by atoms with Gasteiger partial charge in [0.1, 0.15) is 0 Å². The van der Waals surface area contributed by atoms with E-state index in [0.717, 1.165) is 11.8 Å². The van der Waals surface area contributed by atoms with Crippen LogP contribution in [0.3, 0.4) is 0 Å². The lowest BCUT2D eigenvalue weighted by atomic mass is 9.77. The van der Waals surface area contributed by atoms with Crippen molar-refractivity contribution < 1.29 is 8.85 Å². The van der Waals surface area contributed by atoms with Crippen molar-refractivity contribution in [3.8, 4) is 0 Å². The van der Waals surface area contributed by atoms with E-state index in [1.54, 1.807) is 0 Å². The summed E-state index contributed by atoms with van der Waals surface area (Å²) in [5, 5.41) is 0. The van der Waals surface area contributed by atoms with Gasteiger partial charge in [0.2, 0.25) is 0 Å². The Bertz CT molecular complexity index is 315.